The van der Waals surface area contributed by atoms with Crippen LogP contribution in [0.3, 0.4) is 0 Å². The molecule has 0 fully saturated rings. The molecule has 9 heteroatoms. The lowest BCUT2D eigenvalue weighted by atomic mass is 10.0. The second kappa shape index (κ2) is 9.58. The number of anilines is 1. The van der Waals surface area contributed by atoms with E-state index in [-0.39, 0.29) is 11.8 Å². The summed E-state index contributed by atoms with van der Waals surface area (Å²) in [6.07, 6.45) is 3.57. The van der Waals surface area contributed by atoms with Crippen molar-refractivity contribution in [3.8, 4) is 17.1 Å². The second-order valence-electron chi connectivity index (χ2n) is 9.98. The van der Waals surface area contributed by atoms with Crippen LogP contribution in [0.25, 0.3) is 22.3 Å². The SMILES string of the molecule is Cc1cc2cc(n1)-c1cnn(C)c1OCCC[C@@H](C)Cn1c(nc3cc(Cl)c(C(C)C)cc31)NC2=O. The van der Waals surface area contributed by atoms with Crippen LogP contribution in [-0.2, 0) is 13.6 Å². The topological polar surface area (TPSA) is 86.9 Å². The molecular formula is C27H31ClN6O2. The van der Waals surface area contributed by atoms with Crippen molar-refractivity contribution in [1.29, 1.82) is 0 Å². The van der Waals surface area contributed by atoms with E-state index in [1.165, 1.54) is 0 Å². The van der Waals surface area contributed by atoms with Gasteiger partial charge in [-0.15, -0.1) is 0 Å². The smallest absolute Gasteiger partial charge is 0.258 e. The number of benzene rings is 1. The third-order valence-corrected chi connectivity index (χ3v) is 6.99. The Kier molecular flexibility index (Phi) is 6.47. The number of carbonyl (C=O) groups is 1. The van der Waals surface area contributed by atoms with Crippen LogP contribution in [-0.4, -0.2) is 36.8 Å². The number of aromatic nitrogens is 5. The number of ether oxygens (including phenoxy) is 1. The second-order valence-corrected chi connectivity index (χ2v) is 10.4. The van der Waals surface area contributed by atoms with Crippen LogP contribution in [0.1, 0.15) is 61.1 Å². The minimum Gasteiger partial charge on any atom is -0.477 e. The molecule has 0 unspecified atom stereocenters. The molecule has 4 heterocycles. The van der Waals surface area contributed by atoms with Crippen LogP contribution in [0.4, 0.5) is 5.95 Å². The van der Waals surface area contributed by atoms with Crippen molar-refractivity contribution in [1.82, 2.24) is 24.3 Å². The van der Waals surface area contributed by atoms with Crippen molar-refractivity contribution in [2.24, 2.45) is 13.0 Å². The van der Waals surface area contributed by atoms with E-state index < -0.39 is 0 Å². The van der Waals surface area contributed by atoms with Gasteiger partial charge in [0.05, 0.1) is 35.1 Å². The van der Waals surface area contributed by atoms with Crippen molar-refractivity contribution in [3.05, 3.63) is 52.3 Å². The predicted molar refractivity (Wildman–Crippen MR) is 142 cm³/mol. The molecule has 1 aliphatic heterocycles. The standard InChI is InChI=1S/C27H31ClN6O2/c1-15(2)19-11-24-23(12-21(19)28)31-27-32-25(35)18-9-17(4)30-22(10-18)20-13-29-33(5)26(20)36-8-6-7-16(3)14-34(24)27/h9-13,15-16H,6-8,14H2,1-5H3,(H,31,32,35)/t16-/m1/s1. The van der Waals surface area contributed by atoms with Crippen molar-refractivity contribution in [2.75, 3.05) is 11.9 Å². The number of imidazole rings is 1. The summed E-state index contributed by atoms with van der Waals surface area (Å²) >= 11 is 6.57. The van der Waals surface area contributed by atoms with Gasteiger partial charge in [0.2, 0.25) is 11.8 Å². The Morgan fingerprint density at radius 3 is 2.78 bits per heavy atom. The number of nitrogens with zero attached hydrogens (tertiary/aromatic N) is 5. The molecule has 0 saturated carbocycles. The van der Waals surface area contributed by atoms with Gasteiger partial charge in [0.25, 0.3) is 5.91 Å². The highest BCUT2D eigenvalue weighted by molar-refractivity contribution is 6.32. The van der Waals surface area contributed by atoms with Crippen LogP contribution in [0.2, 0.25) is 5.02 Å². The Labute approximate surface area is 215 Å². The van der Waals surface area contributed by atoms with Gasteiger partial charge < -0.3 is 9.30 Å². The number of nitrogens with one attached hydrogen (secondary N) is 1. The van der Waals surface area contributed by atoms with E-state index in [4.69, 9.17) is 21.3 Å². The Balaban J connectivity index is 1.63. The molecule has 0 saturated heterocycles. The molecule has 1 atom stereocenters. The lowest BCUT2D eigenvalue weighted by Crippen LogP contribution is -2.18. The van der Waals surface area contributed by atoms with Crippen molar-refractivity contribution in [2.45, 2.75) is 53.0 Å². The average Bonchev–Trinajstić information content (AvgIpc) is 3.34. The maximum absolute atomic E-state index is 13.5. The average molecular weight is 507 g/mol. The number of amides is 1. The van der Waals surface area contributed by atoms with Crippen LogP contribution < -0.4 is 10.1 Å². The number of halogens is 1. The molecule has 3 aromatic heterocycles. The Morgan fingerprint density at radius 1 is 1.19 bits per heavy atom. The van der Waals surface area contributed by atoms with E-state index in [0.29, 0.717) is 47.2 Å². The highest BCUT2D eigenvalue weighted by Gasteiger charge is 2.21. The fourth-order valence-corrected chi connectivity index (χ4v) is 5.15. The Bertz CT molecular complexity index is 1450. The van der Waals surface area contributed by atoms with E-state index in [1.807, 2.05) is 20.0 Å². The summed E-state index contributed by atoms with van der Waals surface area (Å²) in [7, 11) is 1.85. The van der Waals surface area contributed by atoms with Crippen molar-refractivity contribution >= 4 is 34.5 Å². The maximum atomic E-state index is 13.5. The Hall–Kier alpha value is -3.39. The fourth-order valence-electron chi connectivity index (χ4n) is 4.77. The molecule has 1 aliphatic rings. The number of hydrogen-bond acceptors (Lipinski definition) is 5. The summed E-state index contributed by atoms with van der Waals surface area (Å²) in [6.45, 7) is 9.60. The molecule has 1 aromatic carbocycles. The minimum atomic E-state index is -0.248. The first kappa shape index (κ1) is 24.3. The molecule has 0 spiro atoms. The zero-order valence-electron chi connectivity index (χ0n) is 21.3. The first-order valence-corrected chi connectivity index (χ1v) is 12.7. The van der Waals surface area contributed by atoms with Gasteiger partial charge in [0.15, 0.2) is 0 Å². The van der Waals surface area contributed by atoms with Gasteiger partial charge in [-0.3, -0.25) is 15.1 Å². The first-order valence-electron chi connectivity index (χ1n) is 12.4. The number of aryl methyl sites for hydroxylation is 2. The number of fused-ring (bicyclic) bond motifs is 7. The van der Waals surface area contributed by atoms with E-state index in [1.54, 1.807) is 23.0 Å². The Morgan fingerprint density at radius 2 is 2.00 bits per heavy atom. The summed E-state index contributed by atoms with van der Waals surface area (Å²) in [5, 5.41) is 8.12. The normalized spacial score (nSPS) is 16.6. The highest BCUT2D eigenvalue weighted by atomic mass is 35.5. The fraction of sp³-hybridized carbons (Fsp3) is 0.407. The largest absolute Gasteiger partial charge is 0.477 e. The van der Waals surface area contributed by atoms with Gasteiger partial charge in [0, 0.05) is 29.9 Å². The van der Waals surface area contributed by atoms with Crippen LogP contribution >= 0.6 is 11.6 Å². The van der Waals surface area contributed by atoms with E-state index >= 15 is 0 Å². The third-order valence-electron chi connectivity index (χ3n) is 6.66. The molecule has 36 heavy (non-hydrogen) atoms. The molecule has 188 valence electrons. The summed E-state index contributed by atoms with van der Waals surface area (Å²) in [5.41, 5.74) is 5.44. The number of hydrogen-bond donors (Lipinski definition) is 1. The van der Waals surface area contributed by atoms with Gasteiger partial charge in [-0.05, 0) is 61.4 Å². The van der Waals surface area contributed by atoms with Gasteiger partial charge in [-0.2, -0.15) is 5.10 Å². The summed E-state index contributed by atoms with van der Waals surface area (Å²) in [4.78, 5) is 22.9. The highest BCUT2D eigenvalue weighted by Crippen LogP contribution is 2.33. The van der Waals surface area contributed by atoms with Gasteiger partial charge >= 0.3 is 0 Å². The van der Waals surface area contributed by atoms with E-state index in [2.05, 4.69) is 46.8 Å². The number of carbonyl (C=O) groups excluding carboxylic acids is 1. The minimum absolute atomic E-state index is 0.248. The molecule has 0 radical (unpaired) electrons. The van der Waals surface area contributed by atoms with E-state index in [9.17, 15) is 4.79 Å². The number of rotatable bonds is 1. The molecule has 4 aromatic rings. The van der Waals surface area contributed by atoms with Crippen LogP contribution in [0.5, 0.6) is 5.88 Å². The monoisotopic (exact) mass is 506 g/mol. The summed E-state index contributed by atoms with van der Waals surface area (Å²) < 4.78 is 9.97. The van der Waals surface area contributed by atoms with Crippen molar-refractivity contribution < 1.29 is 9.53 Å². The van der Waals surface area contributed by atoms with Crippen LogP contribution in [0, 0.1) is 12.8 Å². The van der Waals surface area contributed by atoms with Gasteiger partial charge in [-0.25, -0.2) is 9.67 Å². The molecule has 0 aliphatic carbocycles. The van der Waals surface area contributed by atoms with Crippen molar-refractivity contribution in [3.63, 3.8) is 0 Å². The molecule has 2 bridgehead atoms. The molecule has 1 N–H and O–H groups in total. The summed E-state index contributed by atoms with van der Waals surface area (Å²) in [6, 6.07) is 7.55. The van der Waals surface area contributed by atoms with Crippen LogP contribution in [0.15, 0.2) is 30.5 Å². The molecule has 8 nitrogen and oxygen atoms in total. The van der Waals surface area contributed by atoms with Gasteiger partial charge in [-0.1, -0.05) is 32.4 Å². The van der Waals surface area contributed by atoms with Gasteiger partial charge in [0.1, 0.15) is 0 Å². The quantitative estimate of drug-likeness (QED) is 0.343. The molecule has 1 amide bonds. The lowest BCUT2D eigenvalue weighted by Gasteiger charge is -2.17. The predicted octanol–water partition coefficient (Wildman–Crippen LogP) is 5.98. The molecular weight excluding hydrogens is 476 g/mol. The number of pyridine rings is 1. The lowest BCUT2D eigenvalue weighted by molar-refractivity contribution is 0.102. The zero-order chi connectivity index (χ0) is 25.6. The van der Waals surface area contributed by atoms with E-state index in [0.717, 1.165) is 40.7 Å². The summed E-state index contributed by atoms with van der Waals surface area (Å²) in [5.74, 6) is 1.53. The molecule has 5 rings (SSSR count). The maximum Gasteiger partial charge on any atom is 0.258 e. The first-order chi connectivity index (χ1) is 17.2. The zero-order valence-corrected chi connectivity index (χ0v) is 22.1. The third kappa shape index (κ3) is 4.57.